The van der Waals surface area contributed by atoms with E-state index in [9.17, 15) is 4.79 Å². The van der Waals surface area contributed by atoms with E-state index in [-0.39, 0.29) is 0 Å². The Kier molecular flexibility index (Phi) is 4.18. The maximum Gasteiger partial charge on any atom is 0.185 e. The first-order chi connectivity index (χ1) is 8.67. The SMILES string of the molecule is CN(Cc1ccc(Cl)cc1)Cc1ccc(C=O)o1. The van der Waals surface area contributed by atoms with Gasteiger partial charge in [0, 0.05) is 11.6 Å². The van der Waals surface area contributed by atoms with Gasteiger partial charge in [-0.05, 0) is 36.9 Å². The second-order valence-corrected chi connectivity index (χ2v) is 4.66. The van der Waals surface area contributed by atoms with Crippen molar-refractivity contribution in [3.8, 4) is 0 Å². The molecule has 3 nitrogen and oxygen atoms in total. The summed E-state index contributed by atoms with van der Waals surface area (Å²) in [6.07, 6.45) is 0.711. The molecule has 0 fully saturated rings. The van der Waals surface area contributed by atoms with E-state index in [1.807, 2.05) is 37.4 Å². The third kappa shape index (κ3) is 3.45. The Bertz CT molecular complexity index is 519. The third-order valence-corrected chi connectivity index (χ3v) is 2.84. The Hall–Kier alpha value is -1.58. The normalized spacial score (nSPS) is 10.8. The molecule has 0 radical (unpaired) electrons. The summed E-state index contributed by atoms with van der Waals surface area (Å²) < 4.78 is 5.33. The smallest absolute Gasteiger partial charge is 0.185 e. The molecule has 1 heterocycles. The number of hydrogen-bond acceptors (Lipinski definition) is 3. The highest BCUT2D eigenvalue weighted by molar-refractivity contribution is 6.30. The minimum atomic E-state index is 0.366. The number of carbonyl (C=O) groups is 1. The summed E-state index contributed by atoms with van der Waals surface area (Å²) in [6.45, 7) is 1.46. The summed E-state index contributed by atoms with van der Waals surface area (Å²) in [5.74, 6) is 1.15. The standard InChI is InChI=1S/C14H14ClNO2/c1-16(8-11-2-4-12(15)5-3-11)9-13-6-7-14(10-17)18-13/h2-7,10H,8-9H2,1H3. The minimum absolute atomic E-state index is 0.366. The van der Waals surface area contributed by atoms with Gasteiger partial charge in [-0.25, -0.2) is 0 Å². The van der Waals surface area contributed by atoms with Crippen molar-refractivity contribution in [3.05, 3.63) is 58.5 Å². The maximum absolute atomic E-state index is 10.5. The molecular formula is C14H14ClNO2. The average molecular weight is 264 g/mol. The van der Waals surface area contributed by atoms with Crippen molar-refractivity contribution in [3.63, 3.8) is 0 Å². The van der Waals surface area contributed by atoms with Crippen LogP contribution in [0.25, 0.3) is 0 Å². The highest BCUT2D eigenvalue weighted by atomic mass is 35.5. The van der Waals surface area contributed by atoms with Gasteiger partial charge in [0.2, 0.25) is 0 Å². The Morgan fingerprint density at radius 2 is 1.89 bits per heavy atom. The molecule has 0 atom stereocenters. The number of carbonyl (C=O) groups excluding carboxylic acids is 1. The van der Waals surface area contributed by atoms with Gasteiger partial charge >= 0.3 is 0 Å². The molecule has 0 aliphatic rings. The van der Waals surface area contributed by atoms with Crippen molar-refractivity contribution >= 4 is 17.9 Å². The zero-order chi connectivity index (χ0) is 13.0. The summed E-state index contributed by atoms with van der Waals surface area (Å²) in [5.41, 5.74) is 1.18. The number of nitrogens with zero attached hydrogens (tertiary/aromatic N) is 1. The van der Waals surface area contributed by atoms with E-state index in [0.29, 0.717) is 18.6 Å². The molecule has 0 unspecified atom stereocenters. The van der Waals surface area contributed by atoms with Gasteiger partial charge in [0.15, 0.2) is 12.0 Å². The second kappa shape index (κ2) is 5.85. The molecule has 1 aromatic carbocycles. The molecule has 18 heavy (non-hydrogen) atoms. The van der Waals surface area contributed by atoms with Gasteiger partial charge in [-0.3, -0.25) is 9.69 Å². The zero-order valence-corrected chi connectivity index (χ0v) is 10.9. The van der Waals surface area contributed by atoms with E-state index in [0.717, 1.165) is 17.3 Å². The summed E-state index contributed by atoms with van der Waals surface area (Å²) in [7, 11) is 2.00. The van der Waals surface area contributed by atoms with Crippen LogP contribution in [0, 0.1) is 0 Å². The van der Waals surface area contributed by atoms with Crippen LogP contribution in [0.2, 0.25) is 5.02 Å². The number of furan rings is 1. The Labute approximate surface area is 111 Å². The van der Waals surface area contributed by atoms with Crippen molar-refractivity contribution in [1.29, 1.82) is 0 Å². The number of hydrogen-bond donors (Lipinski definition) is 0. The quantitative estimate of drug-likeness (QED) is 0.776. The molecule has 0 saturated heterocycles. The fourth-order valence-corrected chi connectivity index (χ4v) is 1.89. The molecule has 0 aliphatic heterocycles. The number of rotatable bonds is 5. The van der Waals surface area contributed by atoms with Crippen LogP contribution in [-0.4, -0.2) is 18.2 Å². The van der Waals surface area contributed by atoms with Crippen LogP contribution in [0.5, 0.6) is 0 Å². The van der Waals surface area contributed by atoms with Crippen LogP contribution in [-0.2, 0) is 13.1 Å². The van der Waals surface area contributed by atoms with Crippen LogP contribution in [0.4, 0.5) is 0 Å². The van der Waals surface area contributed by atoms with E-state index in [1.54, 1.807) is 6.07 Å². The molecule has 94 valence electrons. The molecule has 0 bridgehead atoms. The van der Waals surface area contributed by atoms with Crippen LogP contribution >= 0.6 is 11.6 Å². The third-order valence-electron chi connectivity index (χ3n) is 2.59. The lowest BCUT2D eigenvalue weighted by atomic mass is 10.2. The van der Waals surface area contributed by atoms with Gasteiger partial charge < -0.3 is 4.42 Å². The van der Waals surface area contributed by atoms with E-state index in [4.69, 9.17) is 16.0 Å². The monoisotopic (exact) mass is 263 g/mol. The Morgan fingerprint density at radius 1 is 1.17 bits per heavy atom. The van der Waals surface area contributed by atoms with Crippen molar-refractivity contribution in [2.45, 2.75) is 13.1 Å². The van der Waals surface area contributed by atoms with E-state index in [1.165, 1.54) is 5.56 Å². The van der Waals surface area contributed by atoms with E-state index in [2.05, 4.69) is 4.90 Å². The van der Waals surface area contributed by atoms with Crippen LogP contribution < -0.4 is 0 Å². The predicted octanol–water partition coefficient (Wildman–Crippen LogP) is 3.38. The zero-order valence-electron chi connectivity index (χ0n) is 10.1. The maximum atomic E-state index is 10.5. The Balaban J connectivity index is 1.93. The molecular weight excluding hydrogens is 250 g/mol. The topological polar surface area (TPSA) is 33.5 Å². The predicted molar refractivity (Wildman–Crippen MR) is 70.7 cm³/mol. The molecule has 1 aromatic heterocycles. The van der Waals surface area contributed by atoms with Gasteiger partial charge in [0.1, 0.15) is 5.76 Å². The van der Waals surface area contributed by atoms with Gasteiger partial charge in [0.25, 0.3) is 0 Å². The highest BCUT2D eigenvalue weighted by Crippen LogP contribution is 2.13. The lowest BCUT2D eigenvalue weighted by Gasteiger charge is -2.15. The number of benzene rings is 1. The van der Waals surface area contributed by atoms with Crippen molar-refractivity contribution in [2.24, 2.45) is 0 Å². The summed E-state index contributed by atoms with van der Waals surface area (Å²) >= 11 is 5.84. The van der Waals surface area contributed by atoms with E-state index < -0.39 is 0 Å². The number of aldehydes is 1. The summed E-state index contributed by atoms with van der Waals surface area (Å²) in [6, 6.07) is 11.3. The molecule has 4 heteroatoms. The average Bonchev–Trinajstić information content (AvgIpc) is 2.79. The van der Waals surface area contributed by atoms with Crippen LogP contribution in [0.1, 0.15) is 21.9 Å². The molecule has 0 N–H and O–H groups in total. The van der Waals surface area contributed by atoms with Gasteiger partial charge in [-0.2, -0.15) is 0 Å². The Morgan fingerprint density at radius 3 is 2.50 bits per heavy atom. The summed E-state index contributed by atoms with van der Waals surface area (Å²) in [5, 5.41) is 0.739. The van der Waals surface area contributed by atoms with Crippen molar-refractivity contribution < 1.29 is 9.21 Å². The second-order valence-electron chi connectivity index (χ2n) is 4.22. The first-order valence-electron chi connectivity index (χ1n) is 5.64. The molecule has 2 aromatic rings. The first kappa shape index (κ1) is 12.9. The van der Waals surface area contributed by atoms with E-state index >= 15 is 0 Å². The highest BCUT2D eigenvalue weighted by Gasteiger charge is 2.06. The molecule has 0 aliphatic carbocycles. The first-order valence-corrected chi connectivity index (χ1v) is 6.02. The lowest BCUT2D eigenvalue weighted by molar-refractivity contribution is 0.109. The van der Waals surface area contributed by atoms with Crippen LogP contribution in [0.3, 0.4) is 0 Å². The van der Waals surface area contributed by atoms with Gasteiger partial charge in [0.05, 0.1) is 6.54 Å². The van der Waals surface area contributed by atoms with Crippen molar-refractivity contribution in [2.75, 3.05) is 7.05 Å². The van der Waals surface area contributed by atoms with Crippen molar-refractivity contribution in [1.82, 2.24) is 4.90 Å². The van der Waals surface area contributed by atoms with Gasteiger partial charge in [-0.15, -0.1) is 0 Å². The minimum Gasteiger partial charge on any atom is -0.457 e. The fourth-order valence-electron chi connectivity index (χ4n) is 1.77. The summed E-state index contributed by atoms with van der Waals surface area (Å²) in [4.78, 5) is 12.6. The molecule has 2 rings (SSSR count). The fraction of sp³-hybridized carbons (Fsp3) is 0.214. The largest absolute Gasteiger partial charge is 0.457 e. The lowest BCUT2D eigenvalue weighted by Crippen LogP contribution is -2.16. The molecule has 0 spiro atoms. The number of halogens is 1. The van der Waals surface area contributed by atoms with Crippen LogP contribution in [0.15, 0.2) is 40.8 Å². The molecule has 0 saturated carbocycles. The molecule has 0 amide bonds. The van der Waals surface area contributed by atoms with Gasteiger partial charge in [-0.1, -0.05) is 23.7 Å².